The average Bonchev–Trinajstić information content (AvgIpc) is 1.63. The van der Waals surface area contributed by atoms with E-state index in [9.17, 15) is 0 Å². The van der Waals surface area contributed by atoms with E-state index < -0.39 is 0 Å². The Kier molecular flexibility index (Phi) is 4.67. The third-order valence-electron chi connectivity index (χ3n) is 0.441. The van der Waals surface area contributed by atoms with E-state index in [4.69, 9.17) is 4.12 Å². The summed E-state index contributed by atoms with van der Waals surface area (Å²) >= 11 is 0. The van der Waals surface area contributed by atoms with Crippen molar-refractivity contribution in [1.29, 1.82) is 0 Å². The van der Waals surface area contributed by atoms with E-state index >= 15 is 0 Å². The highest BCUT2D eigenvalue weighted by atomic mass is 28.3. The van der Waals surface area contributed by atoms with Gasteiger partial charge in [-0.05, 0) is 5.04 Å². The Labute approximate surface area is 64.9 Å². The fourth-order valence-electron chi connectivity index (χ4n) is 0.195. The van der Waals surface area contributed by atoms with Crippen LogP contribution in [-0.2, 0) is 8.23 Å². The highest BCUT2D eigenvalue weighted by molar-refractivity contribution is 6.43. The zero-order valence-corrected chi connectivity index (χ0v) is 8.82. The van der Waals surface area contributed by atoms with Crippen LogP contribution in [-0.4, -0.2) is 30.3 Å². The van der Waals surface area contributed by atoms with Crippen molar-refractivity contribution in [2.24, 2.45) is 0 Å². The first-order chi connectivity index (χ1) is 4.06. The predicted molar refractivity (Wildman–Crippen MR) is 39.1 cm³/mol. The second-order valence-corrected chi connectivity index (χ2v) is 6.14. The summed E-state index contributed by atoms with van der Waals surface area (Å²) < 4.78 is 9.69. The smallest absolute Gasteiger partial charge is 0.409 e. The molecule has 0 aliphatic heterocycles. The lowest BCUT2D eigenvalue weighted by molar-refractivity contribution is 0.481. The molecule has 0 saturated carbocycles. The van der Waals surface area contributed by atoms with Crippen molar-refractivity contribution >= 4 is 30.3 Å². The van der Waals surface area contributed by atoms with Crippen molar-refractivity contribution in [1.82, 2.24) is 0 Å². The normalized spacial score (nSPS) is 12.0. The maximum absolute atomic E-state index is 5.13. The minimum Gasteiger partial charge on any atom is -0.435 e. The van der Waals surface area contributed by atoms with Crippen LogP contribution in [0.2, 0.25) is 5.04 Å². The SMILES string of the molecule is CC(C)(C)[Si]O[Si]O[Si]. The van der Waals surface area contributed by atoms with Gasteiger partial charge in [-0.1, -0.05) is 20.8 Å². The molecule has 9 heavy (non-hydrogen) atoms. The third kappa shape index (κ3) is 8.57. The zero-order valence-electron chi connectivity index (χ0n) is 5.82. The van der Waals surface area contributed by atoms with Gasteiger partial charge in [-0.2, -0.15) is 0 Å². The summed E-state index contributed by atoms with van der Waals surface area (Å²) in [6, 6.07) is 0. The molecule has 0 aliphatic carbocycles. The van der Waals surface area contributed by atoms with Crippen LogP contribution >= 0.6 is 0 Å². The van der Waals surface area contributed by atoms with Crippen LogP contribution in [0.15, 0.2) is 0 Å². The van der Waals surface area contributed by atoms with Gasteiger partial charge in [0.2, 0.25) is 20.2 Å². The van der Waals surface area contributed by atoms with Crippen molar-refractivity contribution in [3.8, 4) is 0 Å². The van der Waals surface area contributed by atoms with Gasteiger partial charge in [0.1, 0.15) is 0 Å². The maximum atomic E-state index is 5.13. The number of hydrogen-bond acceptors (Lipinski definition) is 2. The molecule has 0 N–H and O–H groups in total. The lowest BCUT2D eigenvalue weighted by atomic mass is 10.3. The first-order valence-electron chi connectivity index (χ1n) is 2.57. The lowest BCUT2D eigenvalue weighted by Gasteiger charge is -2.14. The van der Waals surface area contributed by atoms with E-state index in [1.807, 2.05) is 0 Å². The van der Waals surface area contributed by atoms with Gasteiger partial charge in [0.25, 0.3) is 0 Å². The molecule has 5 heteroatoms. The predicted octanol–water partition coefficient (Wildman–Crippen LogP) is 0.475. The van der Waals surface area contributed by atoms with Crippen LogP contribution < -0.4 is 0 Å². The summed E-state index contributed by atoms with van der Waals surface area (Å²) in [4.78, 5) is 0. The molecule has 0 aromatic rings. The van der Waals surface area contributed by atoms with Crippen LogP contribution in [0, 0.1) is 0 Å². The van der Waals surface area contributed by atoms with E-state index in [1.165, 1.54) is 0 Å². The van der Waals surface area contributed by atoms with Crippen molar-refractivity contribution in [3.63, 3.8) is 0 Å². The third-order valence-corrected chi connectivity index (χ3v) is 2.13. The molecule has 0 aromatic heterocycles. The molecule has 0 fully saturated rings. The van der Waals surface area contributed by atoms with Crippen molar-refractivity contribution in [2.75, 3.05) is 0 Å². The van der Waals surface area contributed by atoms with E-state index in [1.54, 1.807) is 0 Å². The quantitative estimate of drug-likeness (QED) is 0.456. The Morgan fingerprint density at radius 2 is 1.89 bits per heavy atom. The second kappa shape index (κ2) is 4.40. The van der Waals surface area contributed by atoms with Crippen molar-refractivity contribution in [3.05, 3.63) is 0 Å². The molecule has 0 heterocycles. The van der Waals surface area contributed by atoms with Crippen LogP contribution in [0.25, 0.3) is 0 Å². The molecular weight excluding hydrogens is 164 g/mol. The highest BCUT2D eigenvalue weighted by Gasteiger charge is 2.12. The summed E-state index contributed by atoms with van der Waals surface area (Å²) in [6.45, 7) is 6.39. The van der Waals surface area contributed by atoms with Crippen LogP contribution in [0.3, 0.4) is 0 Å². The summed E-state index contributed by atoms with van der Waals surface area (Å²) in [7, 11) is 3.47. The van der Waals surface area contributed by atoms with Gasteiger partial charge < -0.3 is 8.23 Å². The fraction of sp³-hybridized carbons (Fsp3) is 1.00. The molecule has 0 spiro atoms. The van der Waals surface area contributed by atoms with E-state index in [2.05, 4.69) is 35.4 Å². The zero-order chi connectivity index (χ0) is 7.33. The molecule has 49 valence electrons. The molecular formula is C4H9O2Si3. The Morgan fingerprint density at radius 1 is 1.33 bits per heavy atom. The second-order valence-electron chi connectivity index (χ2n) is 2.64. The monoisotopic (exact) mass is 173 g/mol. The minimum absolute atomic E-state index is 0.114. The van der Waals surface area contributed by atoms with Crippen molar-refractivity contribution < 1.29 is 8.23 Å². The van der Waals surface area contributed by atoms with Crippen LogP contribution in [0.1, 0.15) is 20.8 Å². The topological polar surface area (TPSA) is 18.5 Å². The van der Waals surface area contributed by atoms with Crippen LogP contribution in [0.5, 0.6) is 0 Å². The van der Waals surface area contributed by atoms with Gasteiger partial charge in [-0.3, -0.25) is 0 Å². The number of rotatable bonds is 3. The molecule has 0 aromatic carbocycles. The maximum Gasteiger partial charge on any atom is 0.409 e. The first kappa shape index (κ1) is 9.57. The molecule has 0 saturated heterocycles. The minimum atomic E-state index is 0.114. The molecule has 0 bridgehead atoms. The van der Waals surface area contributed by atoms with Gasteiger partial charge in [0.05, 0.1) is 0 Å². The van der Waals surface area contributed by atoms with Crippen LogP contribution in [0.4, 0.5) is 0 Å². The van der Waals surface area contributed by atoms with Gasteiger partial charge in [-0.25, -0.2) is 0 Å². The summed E-state index contributed by atoms with van der Waals surface area (Å²) in [5, 5.41) is 0.262. The average molecular weight is 173 g/mol. The Bertz CT molecular complexity index is 70.7. The van der Waals surface area contributed by atoms with E-state index in [0.717, 1.165) is 0 Å². The van der Waals surface area contributed by atoms with Gasteiger partial charge in [-0.15, -0.1) is 0 Å². The van der Waals surface area contributed by atoms with Gasteiger partial charge in [0.15, 0.2) is 0 Å². The molecule has 7 radical (unpaired) electrons. The van der Waals surface area contributed by atoms with Gasteiger partial charge in [0, 0.05) is 0 Å². The standard InChI is InChI=1S/C4H9O2Si3/c1-4(2,3)8-6-9-5-7/h1-3H3. The molecule has 0 atom stereocenters. The Morgan fingerprint density at radius 3 is 2.22 bits per heavy atom. The molecule has 0 amide bonds. The molecule has 0 aliphatic rings. The number of hydrogen-bond donors (Lipinski definition) is 0. The summed E-state index contributed by atoms with van der Waals surface area (Å²) in [5.74, 6) is 0. The summed E-state index contributed by atoms with van der Waals surface area (Å²) in [5.41, 5.74) is 0. The van der Waals surface area contributed by atoms with Gasteiger partial charge >= 0.3 is 10.0 Å². The van der Waals surface area contributed by atoms with Crippen molar-refractivity contribution in [2.45, 2.75) is 25.8 Å². The Hall–Kier alpha value is 0.571. The highest BCUT2D eigenvalue weighted by Crippen LogP contribution is 2.19. The summed E-state index contributed by atoms with van der Waals surface area (Å²) in [6.07, 6.45) is 0. The Balaban J connectivity index is 3.07. The molecule has 2 nitrogen and oxygen atoms in total. The molecule has 0 rings (SSSR count). The lowest BCUT2D eigenvalue weighted by Crippen LogP contribution is -2.15. The van der Waals surface area contributed by atoms with E-state index in [-0.39, 0.29) is 15.0 Å². The molecule has 0 unspecified atom stereocenters. The fourth-order valence-corrected chi connectivity index (χ4v) is 2.13. The largest absolute Gasteiger partial charge is 0.435 e. The first-order valence-corrected chi connectivity index (χ1v) is 4.70. The van der Waals surface area contributed by atoms with E-state index in [0.29, 0.717) is 9.76 Å².